The maximum absolute atomic E-state index is 12.4. The average molecular weight is 289 g/mol. The van der Waals surface area contributed by atoms with Crippen LogP contribution >= 0.6 is 10.2 Å². The molecule has 104 valence electrons. The van der Waals surface area contributed by atoms with Crippen LogP contribution < -0.4 is 5.32 Å². The van der Waals surface area contributed by atoms with Crippen LogP contribution in [0.1, 0.15) is 5.56 Å². The molecule has 1 aromatic rings. The summed E-state index contributed by atoms with van der Waals surface area (Å²) in [5.74, 6) is 0. The Morgan fingerprint density at radius 1 is 1.06 bits per heavy atom. The Morgan fingerprint density at radius 3 is 2.00 bits per heavy atom. The highest BCUT2D eigenvalue weighted by molar-refractivity contribution is 8.45. The minimum atomic E-state index is -9.55. The monoisotopic (exact) mass is 289 g/mol. The SMILES string of the molecule is FS(F)(F)(F)(F)c1ccc(COC2CNC2)cc1. The quantitative estimate of drug-likeness (QED) is 0.851. The van der Waals surface area contributed by atoms with Gasteiger partial charge in [0.25, 0.3) is 0 Å². The highest BCUT2D eigenvalue weighted by atomic mass is 32.5. The van der Waals surface area contributed by atoms with Gasteiger partial charge in [0.2, 0.25) is 0 Å². The lowest BCUT2D eigenvalue weighted by molar-refractivity contribution is 0.00756. The van der Waals surface area contributed by atoms with Gasteiger partial charge >= 0.3 is 10.2 Å². The zero-order chi connectivity index (χ0) is 13.5. The summed E-state index contributed by atoms with van der Waals surface area (Å²) >= 11 is 0. The lowest BCUT2D eigenvalue weighted by atomic mass is 10.2. The van der Waals surface area contributed by atoms with E-state index in [1.165, 1.54) is 0 Å². The maximum Gasteiger partial charge on any atom is 0.310 e. The van der Waals surface area contributed by atoms with E-state index in [2.05, 4.69) is 5.32 Å². The van der Waals surface area contributed by atoms with Gasteiger partial charge < -0.3 is 10.1 Å². The molecule has 0 aliphatic carbocycles. The van der Waals surface area contributed by atoms with Gasteiger partial charge in [-0.1, -0.05) is 31.6 Å². The topological polar surface area (TPSA) is 21.3 Å². The largest absolute Gasteiger partial charge is 0.371 e. The van der Waals surface area contributed by atoms with Gasteiger partial charge in [0.05, 0.1) is 12.7 Å². The first-order valence-corrected chi connectivity index (χ1v) is 7.15. The van der Waals surface area contributed by atoms with Gasteiger partial charge in [0.15, 0.2) is 0 Å². The van der Waals surface area contributed by atoms with Crippen molar-refractivity contribution in [3.05, 3.63) is 29.8 Å². The Balaban J connectivity index is 2.06. The molecule has 1 N–H and O–H groups in total. The molecule has 0 aromatic heterocycles. The molecule has 1 aromatic carbocycles. The number of rotatable bonds is 4. The minimum Gasteiger partial charge on any atom is -0.371 e. The molecule has 0 radical (unpaired) electrons. The molecule has 1 saturated heterocycles. The number of ether oxygens (including phenoxy) is 1. The Kier molecular flexibility index (Phi) is 2.70. The summed E-state index contributed by atoms with van der Waals surface area (Å²) in [4.78, 5) is -1.87. The Labute approximate surface area is 101 Å². The van der Waals surface area contributed by atoms with Crippen molar-refractivity contribution in [3.8, 4) is 0 Å². The summed E-state index contributed by atoms with van der Waals surface area (Å²) < 4.78 is 67.4. The second-order valence-corrected chi connectivity index (χ2v) is 6.61. The molecule has 1 aliphatic rings. The molecule has 0 bridgehead atoms. The van der Waals surface area contributed by atoms with Gasteiger partial charge in [-0.25, -0.2) is 0 Å². The van der Waals surface area contributed by atoms with Gasteiger partial charge in [0, 0.05) is 13.1 Å². The lowest BCUT2D eigenvalue weighted by Gasteiger charge is -2.40. The average Bonchev–Trinajstić information content (AvgIpc) is 2.12. The smallest absolute Gasteiger partial charge is 0.310 e. The van der Waals surface area contributed by atoms with E-state index in [1.807, 2.05) is 0 Å². The molecule has 1 heterocycles. The van der Waals surface area contributed by atoms with Crippen LogP contribution in [0.25, 0.3) is 0 Å². The van der Waals surface area contributed by atoms with E-state index in [9.17, 15) is 19.4 Å². The molecule has 0 spiro atoms. The van der Waals surface area contributed by atoms with Crippen LogP contribution in [-0.2, 0) is 11.3 Å². The van der Waals surface area contributed by atoms with Crippen LogP contribution in [0.4, 0.5) is 19.4 Å². The van der Waals surface area contributed by atoms with Crippen LogP contribution in [0, 0.1) is 0 Å². The molecule has 8 heteroatoms. The third-order valence-corrected chi connectivity index (χ3v) is 3.76. The maximum atomic E-state index is 12.4. The first kappa shape index (κ1) is 13.6. The second-order valence-electron chi connectivity index (χ2n) is 4.20. The lowest BCUT2D eigenvalue weighted by Crippen LogP contribution is -2.48. The molecule has 2 rings (SSSR count). The Bertz CT molecular complexity index is 439. The van der Waals surface area contributed by atoms with Crippen molar-refractivity contribution >= 4 is 10.2 Å². The van der Waals surface area contributed by atoms with Crippen molar-refractivity contribution in [1.82, 2.24) is 5.32 Å². The van der Waals surface area contributed by atoms with Crippen LogP contribution in [0.5, 0.6) is 0 Å². The summed E-state index contributed by atoms with van der Waals surface area (Å²) in [7, 11) is -9.55. The summed E-state index contributed by atoms with van der Waals surface area (Å²) in [6.45, 7) is 1.51. The number of benzene rings is 1. The summed E-state index contributed by atoms with van der Waals surface area (Å²) in [5.41, 5.74) is 0.438. The highest BCUT2D eigenvalue weighted by Gasteiger charge is 2.65. The van der Waals surface area contributed by atoms with E-state index < -0.39 is 15.1 Å². The van der Waals surface area contributed by atoms with Gasteiger partial charge in [-0.15, -0.1) is 0 Å². The van der Waals surface area contributed by atoms with Crippen LogP contribution in [-0.4, -0.2) is 19.2 Å². The zero-order valence-corrected chi connectivity index (χ0v) is 10.0. The third-order valence-electron chi connectivity index (χ3n) is 2.60. The molecule has 0 amide bonds. The van der Waals surface area contributed by atoms with Gasteiger partial charge in [-0.3, -0.25) is 0 Å². The van der Waals surface area contributed by atoms with Crippen molar-refractivity contribution in [2.45, 2.75) is 17.6 Å². The van der Waals surface area contributed by atoms with E-state index in [0.717, 1.165) is 12.1 Å². The summed E-state index contributed by atoms with van der Waals surface area (Å²) in [6, 6.07) is 2.83. The highest BCUT2D eigenvalue weighted by Crippen LogP contribution is 3.02. The van der Waals surface area contributed by atoms with Gasteiger partial charge in [0.1, 0.15) is 4.90 Å². The van der Waals surface area contributed by atoms with Crippen molar-refractivity contribution < 1.29 is 24.2 Å². The van der Waals surface area contributed by atoms with Crippen LogP contribution in [0.2, 0.25) is 0 Å². The first-order chi connectivity index (χ1) is 8.04. The van der Waals surface area contributed by atoms with Gasteiger partial charge in [-0.05, 0) is 17.7 Å². The van der Waals surface area contributed by atoms with Crippen molar-refractivity contribution in [3.63, 3.8) is 0 Å². The number of hydrogen-bond donors (Lipinski definition) is 1. The number of halogens is 5. The Hall–Kier alpha value is -0.860. The minimum absolute atomic E-state index is 0.0419. The fraction of sp³-hybridized carbons (Fsp3) is 0.400. The molecule has 0 atom stereocenters. The van der Waals surface area contributed by atoms with E-state index in [1.54, 1.807) is 0 Å². The standard InChI is InChI=1S/C10H12F5NOS/c11-18(12,13,14,15)10-3-1-8(2-4-10)7-17-9-5-16-6-9/h1-4,9,16H,5-7H2. The fourth-order valence-electron chi connectivity index (χ4n) is 1.44. The van der Waals surface area contributed by atoms with E-state index in [4.69, 9.17) is 4.74 Å². The molecule has 1 aliphatic heterocycles. The Morgan fingerprint density at radius 2 is 1.61 bits per heavy atom. The molecule has 0 unspecified atom stereocenters. The number of hydrogen-bond acceptors (Lipinski definition) is 2. The van der Waals surface area contributed by atoms with Gasteiger partial charge in [-0.2, -0.15) is 0 Å². The molecular weight excluding hydrogens is 277 g/mol. The third kappa shape index (κ3) is 3.33. The molecular formula is C10H12F5NOS. The first-order valence-electron chi connectivity index (χ1n) is 5.20. The zero-order valence-electron chi connectivity index (χ0n) is 9.21. The predicted molar refractivity (Wildman–Crippen MR) is 59.3 cm³/mol. The molecule has 18 heavy (non-hydrogen) atoms. The number of nitrogens with one attached hydrogen (secondary N) is 1. The second kappa shape index (κ2) is 3.58. The van der Waals surface area contributed by atoms with E-state index in [-0.39, 0.29) is 12.7 Å². The van der Waals surface area contributed by atoms with Crippen LogP contribution in [0.15, 0.2) is 29.2 Å². The van der Waals surface area contributed by atoms with E-state index in [0.29, 0.717) is 30.8 Å². The van der Waals surface area contributed by atoms with Crippen LogP contribution in [0.3, 0.4) is 0 Å². The molecule has 0 saturated carbocycles. The molecule has 1 fully saturated rings. The summed E-state index contributed by atoms with van der Waals surface area (Å²) in [5, 5.41) is 2.97. The van der Waals surface area contributed by atoms with Crippen molar-refractivity contribution in [2.75, 3.05) is 13.1 Å². The van der Waals surface area contributed by atoms with E-state index >= 15 is 0 Å². The fourth-order valence-corrected chi connectivity index (χ4v) is 2.09. The summed E-state index contributed by atoms with van der Waals surface area (Å²) in [6.07, 6.45) is 0.0419. The van der Waals surface area contributed by atoms with Crippen molar-refractivity contribution in [1.29, 1.82) is 0 Å². The van der Waals surface area contributed by atoms with Crippen molar-refractivity contribution in [2.24, 2.45) is 0 Å². The predicted octanol–water partition coefficient (Wildman–Crippen LogP) is 3.83. The normalized spacial score (nSPS) is 20.9. The molecule has 2 nitrogen and oxygen atoms in total.